The molecule has 0 bridgehead atoms. The predicted octanol–water partition coefficient (Wildman–Crippen LogP) is 1.11. The van der Waals surface area contributed by atoms with E-state index in [0.29, 0.717) is 6.04 Å². The average Bonchev–Trinajstić information content (AvgIpc) is 2.96. The van der Waals surface area contributed by atoms with Gasteiger partial charge in [0.05, 0.1) is 12.1 Å². The lowest BCUT2D eigenvalue weighted by Crippen LogP contribution is -2.39. The third-order valence-corrected chi connectivity index (χ3v) is 3.28. The van der Waals surface area contributed by atoms with Gasteiger partial charge in [0.25, 0.3) is 0 Å². The Hall–Kier alpha value is -0.590. The molecule has 1 N–H and O–H groups in total. The summed E-state index contributed by atoms with van der Waals surface area (Å²) in [5, 5.41) is 12.3. The van der Waals surface area contributed by atoms with Gasteiger partial charge in [-0.15, -0.1) is 0 Å². The van der Waals surface area contributed by atoms with E-state index in [2.05, 4.69) is 23.2 Å². The lowest BCUT2D eigenvalue weighted by atomic mass is 10.2. The van der Waals surface area contributed by atoms with Crippen molar-refractivity contribution in [2.45, 2.75) is 50.7 Å². The Balaban J connectivity index is 1.75. The molecular formula is C11H19N3. The lowest BCUT2D eigenvalue weighted by molar-refractivity contribution is 0.315. The van der Waals surface area contributed by atoms with Gasteiger partial charge in [0.15, 0.2) is 0 Å². The molecular weight excluding hydrogens is 174 g/mol. The van der Waals surface area contributed by atoms with Gasteiger partial charge in [-0.05, 0) is 25.7 Å². The van der Waals surface area contributed by atoms with Crippen LogP contribution in [-0.4, -0.2) is 36.1 Å². The monoisotopic (exact) mass is 193 g/mol. The number of hydrogen-bond acceptors (Lipinski definition) is 3. The van der Waals surface area contributed by atoms with E-state index in [1.54, 1.807) is 0 Å². The molecule has 1 saturated carbocycles. The molecule has 0 amide bonds. The van der Waals surface area contributed by atoms with Crippen LogP contribution in [0, 0.1) is 11.3 Å². The van der Waals surface area contributed by atoms with Gasteiger partial charge >= 0.3 is 0 Å². The molecule has 1 aliphatic heterocycles. The number of likely N-dealkylation sites (tertiary alicyclic amines) is 1. The summed E-state index contributed by atoms with van der Waals surface area (Å²) in [4.78, 5) is 2.57. The second-order valence-electron chi connectivity index (χ2n) is 4.47. The molecule has 0 spiro atoms. The van der Waals surface area contributed by atoms with Crippen molar-refractivity contribution in [1.82, 2.24) is 10.2 Å². The Kier molecular flexibility index (Phi) is 3.05. The van der Waals surface area contributed by atoms with Crippen molar-refractivity contribution < 1.29 is 0 Å². The van der Waals surface area contributed by atoms with E-state index < -0.39 is 0 Å². The van der Waals surface area contributed by atoms with Gasteiger partial charge in [-0.25, -0.2) is 0 Å². The summed E-state index contributed by atoms with van der Waals surface area (Å²) in [6.07, 6.45) is 4.91. The molecule has 0 aromatic heterocycles. The summed E-state index contributed by atoms with van der Waals surface area (Å²) in [6, 6.07) is 3.80. The summed E-state index contributed by atoms with van der Waals surface area (Å²) in [7, 11) is 0. The number of nitrogens with zero attached hydrogens (tertiary/aromatic N) is 2. The van der Waals surface area contributed by atoms with Crippen molar-refractivity contribution in [2.24, 2.45) is 0 Å². The van der Waals surface area contributed by atoms with Crippen LogP contribution in [0.3, 0.4) is 0 Å². The minimum atomic E-state index is 0.0548. The maximum absolute atomic E-state index is 8.85. The average molecular weight is 193 g/mol. The third-order valence-electron chi connectivity index (χ3n) is 3.28. The summed E-state index contributed by atoms with van der Waals surface area (Å²) in [6.45, 7) is 4.45. The first-order valence-electron chi connectivity index (χ1n) is 5.73. The third kappa shape index (κ3) is 2.26. The molecule has 0 aromatic carbocycles. The maximum Gasteiger partial charge on any atom is 0.0952 e. The Morgan fingerprint density at radius 2 is 2.29 bits per heavy atom. The lowest BCUT2D eigenvalue weighted by Gasteiger charge is -2.17. The Morgan fingerprint density at radius 1 is 1.50 bits per heavy atom. The Bertz CT molecular complexity index is 229. The molecule has 2 unspecified atom stereocenters. The maximum atomic E-state index is 8.85. The minimum absolute atomic E-state index is 0.0548. The summed E-state index contributed by atoms with van der Waals surface area (Å²) < 4.78 is 0. The van der Waals surface area contributed by atoms with Crippen molar-refractivity contribution in [2.75, 3.05) is 13.1 Å². The highest BCUT2D eigenvalue weighted by Gasteiger charge is 2.34. The molecule has 1 heterocycles. The van der Waals surface area contributed by atoms with Crippen LogP contribution in [0.1, 0.15) is 32.6 Å². The summed E-state index contributed by atoms with van der Waals surface area (Å²) in [5.41, 5.74) is 0. The molecule has 1 saturated heterocycles. The Morgan fingerprint density at radius 3 is 2.86 bits per heavy atom. The first-order chi connectivity index (χ1) is 6.83. The second kappa shape index (κ2) is 4.29. The molecule has 0 radical (unpaired) electrons. The number of nitrogens with one attached hydrogen (secondary N) is 1. The number of hydrogen-bond donors (Lipinski definition) is 1. The highest BCUT2D eigenvalue weighted by Crippen LogP contribution is 2.29. The van der Waals surface area contributed by atoms with E-state index in [-0.39, 0.29) is 6.04 Å². The van der Waals surface area contributed by atoms with Crippen LogP contribution in [0.4, 0.5) is 0 Å². The molecule has 0 aromatic rings. The van der Waals surface area contributed by atoms with Crippen molar-refractivity contribution in [3.05, 3.63) is 0 Å². The molecule has 78 valence electrons. The fraction of sp³-hybridized carbons (Fsp3) is 0.909. The van der Waals surface area contributed by atoms with Crippen molar-refractivity contribution in [3.8, 4) is 6.07 Å². The summed E-state index contributed by atoms with van der Waals surface area (Å²) >= 11 is 0. The molecule has 2 rings (SSSR count). The summed E-state index contributed by atoms with van der Waals surface area (Å²) in [5.74, 6) is 0. The van der Waals surface area contributed by atoms with Crippen LogP contribution in [0.15, 0.2) is 0 Å². The molecule has 3 nitrogen and oxygen atoms in total. The topological polar surface area (TPSA) is 39.1 Å². The molecule has 1 aliphatic carbocycles. The SMILES string of the molecule is CCC(C#N)NC1CCN(C2CC2)C1. The molecule has 2 aliphatic rings. The van der Waals surface area contributed by atoms with Crippen LogP contribution >= 0.6 is 0 Å². The standard InChI is InChI=1S/C11H19N3/c1-2-9(7-12)13-10-5-6-14(8-10)11-3-4-11/h9-11,13H,2-6,8H2,1H3. The zero-order valence-electron chi connectivity index (χ0n) is 8.87. The van der Waals surface area contributed by atoms with Crippen molar-refractivity contribution in [3.63, 3.8) is 0 Å². The van der Waals surface area contributed by atoms with E-state index in [0.717, 1.165) is 19.0 Å². The van der Waals surface area contributed by atoms with Crippen LogP contribution in [0.5, 0.6) is 0 Å². The van der Waals surface area contributed by atoms with Crippen molar-refractivity contribution in [1.29, 1.82) is 5.26 Å². The van der Waals surface area contributed by atoms with E-state index in [9.17, 15) is 0 Å². The van der Waals surface area contributed by atoms with Crippen LogP contribution in [0.25, 0.3) is 0 Å². The molecule has 14 heavy (non-hydrogen) atoms. The van der Waals surface area contributed by atoms with Gasteiger partial charge < -0.3 is 0 Å². The van der Waals surface area contributed by atoms with Gasteiger partial charge in [-0.2, -0.15) is 5.26 Å². The van der Waals surface area contributed by atoms with E-state index in [1.165, 1.54) is 25.8 Å². The highest BCUT2D eigenvalue weighted by atomic mass is 15.2. The van der Waals surface area contributed by atoms with E-state index in [4.69, 9.17) is 5.26 Å². The van der Waals surface area contributed by atoms with E-state index >= 15 is 0 Å². The highest BCUT2D eigenvalue weighted by molar-refractivity contribution is 4.96. The fourth-order valence-corrected chi connectivity index (χ4v) is 2.23. The van der Waals surface area contributed by atoms with Gasteiger partial charge in [0.1, 0.15) is 0 Å². The zero-order valence-corrected chi connectivity index (χ0v) is 8.87. The van der Waals surface area contributed by atoms with Crippen LogP contribution < -0.4 is 5.32 Å². The fourth-order valence-electron chi connectivity index (χ4n) is 2.23. The van der Waals surface area contributed by atoms with Gasteiger partial charge in [0.2, 0.25) is 0 Å². The van der Waals surface area contributed by atoms with Gasteiger partial charge in [-0.3, -0.25) is 10.2 Å². The van der Waals surface area contributed by atoms with Crippen LogP contribution in [0.2, 0.25) is 0 Å². The Labute approximate surface area is 86.1 Å². The first-order valence-corrected chi connectivity index (χ1v) is 5.73. The number of rotatable bonds is 4. The molecule has 3 heteroatoms. The van der Waals surface area contributed by atoms with E-state index in [1.807, 2.05) is 0 Å². The smallest absolute Gasteiger partial charge is 0.0952 e. The number of nitriles is 1. The molecule has 2 atom stereocenters. The van der Waals surface area contributed by atoms with Gasteiger partial charge in [0, 0.05) is 25.2 Å². The minimum Gasteiger partial charge on any atom is -0.299 e. The first kappa shape index (κ1) is 9.95. The second-order valence-corrected chi connectivity index (χ2v) is 4.47. The van der Waals surface area contributed by atoms with Crippen LogP contribution in [-0.2, 0) is 0 Å². The quantitative estimate of drug-likeness (QED) is 0.727. The molecule has 2 fully saturated rings. The predicted molar refractivity (Wildman–Crippen MR) is 55.8 cm³/mol. The normalized spacial score (nSPS) is 30.1. The largest absolute Gasteiger partial charge is 0.299 e. The van der Waals surface area contributed by atoms with Crippen molar-refractivity contribution >= 4 is 0 Å². The van der Waals surface area contributed by atoms with Gasteiger partial charge in [-0.1, -0.05) is 6.92 Å². The zero-order chi connectivity index (χ0) is 9.97.